The van der Waals surface area contributed by atoms with E-state index in [0.29, 0.717) is 21.5 Å². The number of carbonyl (C=O) groups excluding carboxylic acids is 1. The van der Waals surface area contributed by atoms with E-state index in [1.165, 1.54) is 19.2 Å². The van der Waals surface area contributed by atoms with Gasteiger partial charge >= 0.3 is 0 Å². The molecule has 0 aliphatic rings. The van der Waals surface area contributed by atoms with Gasteiger partial charge in [-0.15, -0.1) is 0 Å². The smallest absolute Gasteiger partial charge is 0.291 e. The lowest BCUT2D eigenvalue weighted by molar-refractivity contribution is 0.270. The van der Waals surface area contributed by atoms with E-state index in [0.717, 1.165) is 0 Å². The number of halogens is 3. The van der Waals surface area contributed by atoms with Crippen molar-refractivity contribution < 1.29 is 9.53 Å². The van der Waals surface area contributed by atoms with Crippen LogP contribution in [0.5, 0.6) is 5.75 Å². The molecule has 0 unspecified atom stereocenters. The third-order valence-corrected chi connectivity index (χ3v) is 2.28. The van der Waals surface area contributed by atoms with Crippen molar-refractivity contribution in [1.82, 2.24) is 0 Å². The van der Waals surface area contributed by atoms with Crippen LogP contribution in [-0.2, 0) is 0 Å². The highest BCUT2D eigenvalue weighted by Gasteiger charge is 2.08. The number of rotatable bonds is 2. The molecule has 76 valence electrons. The fraction of sp³-hybridized carbons (Fsp3) is 0.125. The van der Waals surface area contributed by atoms with Crippen molar-refractivity contribution in [3.05, 3.63) is 22.2 Å². The molecule has 0 spiro atoms. The quantitative estimate of drug-likeness (QED) is 0.663. The highest BCUT2D eigenvalue weighted by molar-refractivity contribution is 9.18. The molecule has 1 aromatic carbocycles. The van der Waals surface area contributed by atoms with Gasteiger partial charge in [0.05, 0.1) is 22.8 Å². The first kappa shape index (κ1) is 11.6. The summed E-state index contributed by atoms with van der Waals surface area (Å²) in [4.78, 5) is 10.3. The fourth-order valence-electron chi connectivity index (χ4n) is 0.887. The van der Waals surface area contributed by atoms with Gasteiger partial charge in [0, 0.05) is 22.0 Å². The molecule has 1 rings (SSSR count). The van der Waals surface area contributed by atoms with E-state index in [1.54, 1.807) is 0 Å². The lowest BCUT2D eigenvalue weighted by Gasteiger charge is -2.08. The predicted octanol–water partition coefficient (Wildman–Crippen LogP) is 3.93. The van der Waals surface area contributed by atoms with E-state index < -0.39 is 0 Å². The molecule has 1 aromatic rings. The zero-order valence-corrected chi connectivity index (χ0v) is 10.2. The Balaban J connectivity index is 3.08. The van der Waals surface area contributed by atoms with Gasteiger partial charge in [0.1, 0.15) is 5.75 Å². The second-order valence-corrected chi connectivity index (χ2v) is 3.90. The van der Waals surface area contributed by atoms with Gasteiger partial charge in [0.25, 0.3) is 4.82 Å². The molecule has 0 saturated heterocycles. The zero-order valence-electron chi connectivity index (χ0n) is 7.11. The van der Waals surface area contributed by atoms with E-state index in [4.69, 9.17) is 27.9 Å². The molecule has 0 aliphatic carbocycles. The number of ether oxygens (including phenoxy) is 1. The van der Waals surface area contributed by atoms with Crippen molar-refractivity contribution in [1.29, 1.82) is 0 Å². The molecule has 6 heteroatoms. The standard InChI is InChI=1S/C8H6BrCl2NO2/c1-14-7-3-4(10)6(2-5(7)11)12-8(9)13/h2-3H,1H3,(H,12,13). The van der Waals surface area contributed by atoms with E-state index in [-0.39, 0.29) is 4.82 Å². The number of nitrogens with one attached hydrogen (secondary N) is 1. The summed E-state index contributed by atoms with van der Waals surface area (Å²) in [7, 11) is 1.49. The molecular weight excluding hydrogens is 293 g/mol. The molecule has 0 bridgehead atoms. The molecule has 0 fully saturated rings. The number of methoxy groups -OCH3 is 1. The number of benzene rings is 1. The maximum atomic E-state index is 10.7. The molecule has 0 heterocycles. The van der Waals surface area contributed by atoms with Crippen molar-refractivity contribution >= 4 is 49.6 Å². The minimum Gasteiger partial charge on any atom is -0.495 e. The van der Waals surface area contributed by atoms with Gasteiger partial charge in [-0.1, -0.05) is 23.2 Å². The zero-order chi connectivity index (χ0) is 10.7. The van der Waals surface area contributed by atoms with Crippen LogP contribution < -0.4 is 10.1 Å². The fourth-order valence-corrected chi connectivity index (χ4v) is 1.54. The second kappa shape index (κ2) is 4.87. The Morgan fingerprint density at radius 3 is 2.57 bits per heavy atom. The first-order chi connectivity index (χ1) is 6.54. The monoisotopic (exact) mass is 297 g/mol. The van der Waals surface area contributed by atoms with Gasteiger partial charge in [-0.25, -0.2) is 0 Å². The first-order valence-corrected chi connectivity index (χ1v) is 5.09. The molecule has 0 radical (unpaired) electrons. The maximum absolute atomic E-state index is 10.7. The number of anilines is 1. The Bertz CT molecular complexity index is 371. The molecule has 3 nitrogen and oxygen atoms in total. The molecule has 0 aliphatic heterocycles. The highest BCUT2D eigenvalue weighted by Crippen LogP contribution is 2.34. The number of hydrogen-bond donors (Lipinski definition) is 1. The summed E-state index contributed by atoms with van der Waals surface area (Å²) in [5.41, 5.74) is 0.430. The van der Waals surface area contributed by atoms with Gasteiger partial charge < -0.3 is 10.1 Å². The Labute approximate surface area is 99.5 Å². The molecule has 1 amide bonds. The molecule has 1 N–H and O–H groups in total. The van der Waals surface area contributed by atoms with Crippen LogP contribution in [0.2, 0.25) is 10.0 Å². The van der Waals surface area contributed by atoms with E-state index in [9.17, 15) is 4.79 Å². The predicted molar refractivity (Wildman–Crippen MR) is 61.0 cm³/mol. The van der Waals surface area contributed by atoms with Crippen molar-refractivity contribution in [3.8, 4) is 5.75 Å². The van der Waals surface area contributed by atoms with Gasteiger partial charge in [-0.3, -0.25) is 4.79 Å². The second-order valence-electron chi connectivity index (χ2n) is 2.37. The minimum absolute atomic E-state index is 0.360. The van der Waals surface area contributed by atoms with Crippen LogP contribution in [0.1, 0.15) is 0 Å². The molecule has 14 heavy (non-hydrogen) atoms. The maximum Gasteiger partial charge on any atom is 0.291 e. The molecule has 0 saturated carbocycles. The Morgan fingerprint density at radius 1 is 1.43 bits per heavy atom. The van der Waals surface area contributed by atoms with Crippen LogP contribution in [0.4, 0.5) is 10.5 Å². The van der Waals surface area contributed by atoms with Gasteiger partial charge in [0.15, 0.2) is 0 Å². The van der Waals surface area contributed by atoms with Crippen LogP contribution in [-0.4, -0.2) is 11.9 Å². The van der Waals surface area contributed by atoms with Gasteiger partial charge in [-0.05, 0) is 6.07 Å². The van der Waals surface area contributed by atoms with E-state index in [1.807, 2.05) is 0 Å². The van der Waals surface area contributed by atoms with Crippen LogP contribution in [0.25, 0.3) is 0 Å². The van der Waals surface area contributed by atoms with Crippen LogP contribution >= 0.6 is 39.1 Å². The Kier molecular flexibility index (Phi) is 4.04. The number of amides is 1. The van der Waals surface area contributed by atoms with E-state index >= 15 is 0 Å². The van der Waals surface area contributed by atoms with Gasteiger partial charge in [0.2, 0.25) is 0 Å². The Hall–Kier alpha value is -0.450. The van der Waals surface area contributed by atoms with E-state index in [2.05, 4.69) is 21.2 Å². The third kappa shape index (κ3) is 2.77. The SMILES string of the molecule is COc1cc(Cl)c(NC(=O)Br)cc1Cl. The molecule has 0 aromatic heterocycles. The summed E-state index contributed by atoms with van der Waals surface area (Å²) in [5, 5.41) is 3.21. The van der Waals surface area contributed by atoms with Crippen LogP contribution in [0.15, 0.2) is 12.1 Å². The summed E-state index contributed by atoms with van der Waals surface area (Å²) < 4.78 is 4.94. The number of hydrogen-bond acceptors (Lipinski definition) is 2. The average molecular weight is 299 g/mol. The van der Waals surface area contributed by atoms with Gasteiger partial charge in [-0.2, -0.15) is 0 Å². The van der Waals surface area contributed by atoms with Crippen molar-refractivity contribution in [2.45, 2.75) is 0 Å². The summed E-state index contributed by atoms with van der Waals surface area (Å²) in [5.74, 6) is 0.462. The summed E-state index contributed by atoms with van der Waals surface area (Å²) >= 11 is 14.4. The molecule has 0 atom stereocenters. The first-order valence-electron chi connectivity index (χ1n) is 3.54. The largest absolute Gasteiger partial charge is 0.495 e. The minimum atomic E-state index is -0.388. The lowest BCUT2D eigenvalue weighted by Crippen LogP contribution is -2.01. The highest BCUT2D eigenvalue weighted by atomic mass is 79.9. The van der Waals surface area contributed by atoms with Crippen molar-refractivity contribution in [2.75, 3.05) is 12.4 Å². The van der Waals surface area contributed by atoms with Crippen molar-refractivity contribution in [2.24, 2.45) is 0 Å². The normalized spacial score (nSPS) is 9.71. The topological polar surface area (TPSA) is 38.3 Å². The summed E-state index contributed by atoms with van der Waals surface area (Å²) in [6.45, 7) is 0. The third-order valence-electron chi connectivity index (χ3n) is 1.47. The van der Waals surface area contributed by atoms with Crippen LogP contribution in [0, 0.1) is 0 Å². The number of carbonyl (C=O) groups is 1. The summed E-state index contributed by atoms with van der Waals surface area (Å²) in [6.07, 6.45) is 0. The Morgan fingerprint density at radius 2 is 2.07 bits per heavy atom. The van der Waals surface area contributed by atoms with Crippen molar-refractivity contribution in [3.63, 3.8) is 0 Å². The average Bonchev–Trinajstić information content (AvgIpc) is 2.10. The summed E-state index contributed by atoms with van der Waals surface area (Å²) in [6, 6.07) is 3.05. The van der Waals surface area contributed by atoms with Crippen LogP contribution in [0.3, 0.4) is 0 Å². The molecular formula is C8H6BrCl2NO2. The lowest BCUT2D eigenvalue weighted by atomic mass is 10.3.